The number of H-pyrrole nitrogens is 1. The third kappa shape index (κ3) is 8.39. The van der Waals surface area contributed by atoms with Crippen LogP contribution in [0.4, 0.5) is 10.5 Å². The van der Waals surface area contributed by atoms with Crippen molar-refractivity contribution in [3.8, 4) is 11.3 Å². The van der Waals surface area contributed by atoms with Crippen LogP contribution < -0.4 is 4.72 Å². The zero-order chi connectivity index (χ0) is 34.6. The topological polar surface area (TPSA) is 123 Å². The predicted octanol–water partition coefficient (Wildman–Crippen LogP) is 7.27. The van der Waals surface area contributed by atoms with E-state index in [4.69, 9.17) is 0 Å². The van der Waals surface area contributed by atoms with Gasteiger partial charge in [0.1, 0.15) is 0 Å². The summed E-state index contributed by atoms with van der Waals surface area (Å²) in [5.74, 6) is 0.143. The Bertz CT molecular complexity index is 1870. The summed E-state index contributed by atoms with van der Waals surface area (Å²) in [6.45, 7) is 10.5. The Morgan fingerprint density at radius 3 is 2.21 bits per heavy atom. The van der Waals surface area contributed by atoms with E-state index in [-0.39, 0.29) is 5.91 Å². The van der Waals surface area contributed by atoms with E-state index in [0.29, 0.717) is 31.6 Å². The van der Waals surface area contributed by atoms with Gasteiger partial charge in [-0.25, -0.2) is 13.2 Å². The summed E-state index contributed by atoms with van der Waals surface area (Å²) in [6.07, 6.45) is 5.04. The Hall–Kier alpha value is -4.31. The molecular formula is C38H48N4O5S. The second-order valence-corrected chi connectivity index (χ2v) is 15.5. The van der Waals surface area contributed by atoms with E-state index in [1.807, 2.05) is 36.9 Å². The van der Waals surface area contributed by atoms with Crippen molar-refractivity contribution in [1.82, 2.24) is 14.8 Å². The molecule has 9 nitrogen and oxygen atoms in total. The molecular weight excluding hydrogens is 625 g/mol. The first-order valence-electron chi connectivity index (χ1n) is 16.8. The SMILES string of the molecule is Cc1cc(C)cc(-c2[nH]c3ccc(C(C)(C)C(=O)N4CCCC4)cc3c2CCN(CCCCc2ccc(NS(C)(=O)=O)cc2)C(=O)O)c1. The van der Waals surface area contributed by atoms with Gasteiger partial charge in [-0.05, 0) is 125 Å². The van der Waals surface area contributed by atoms with Crippen molar-refractivity contribution in [3.05, 3.63) is 88.5 Å². The molecule has 2 heterocycles. The second-order valence-electron chi connectivity index (χ2n) is 13.8. The molecule has 0 atom stereocenters. The number of unbranched alkanes of at least 4 members (excludes halogenated alkanes) is 1. The van der Waals surface area contributed by atoms with Crippen LogP contribution in [-0.4, -0.2) is 72.7 Å². The first kappa shape index (κ1) is 35.0. The molecule has 0 aliphatic carbocycles. The molecule has 2 amide bonds. The van der Waals surface area contributed by atoms with Gasteiger partial charge in [-0.3, -0.25) is 9.52 Å². The molecule has 0 radical (unpaired) electrons. The summed E-state index contributed by atoms with van der Waals surface area (Å²) in [4.78, 5) is 33.1. The number of carboxylic acid groups (broad SMARTS) is 1. The lowest BCUT2D eigenvalue weighted by molar-refractivity contribution is -0.135. The van der Waals surface area contributed by atoms with E-state index in [1.54, 1.807) is 12.1 Å². The molecule has 0 spiro atoms. The van der Waals surface area contributed by atoms with Crippen LogP contribution >= 0.6 is 0 Å². The first-order chi connectivity index (χ1) is 22.7. The molecule has 48 heavy (non-hydrogen) atoms. The molecule has 0 unspecified atom stereocenters. The zero-order valence-corrected chi connectivity index (χ0v) is 29.5. The summed E-state index contributed by atoms with van der Waals surface area (Å²) in [5, 5.41) is 11.2. The van der Waals surface area contributed by atoms with E-state index in [0.717, 1.165) is 95.0 Å². The van der Waals surface area contributed by atoms with Crippen LogP contribution in [-0.2, 0) is 33.1 Å². The fraction of sp³-hybridized carbons (Fsp3) is 0.421. The number of aromatic amines is 1. The Balaban J connectivity index is 1.35. The maximum atomic E-state index is 13.6. The van der Waals surface area contributed by atoms with Gasteiger partial charge < -0.3 is 19.9 Å². The number of nitrogens with one attached hydrogen (secondary N) is 2. The molecule has 1 aliphatic rings. The highest BCUT2D eigenvalue weighted by Crippen LogP contribution is 2.36. The highest BCUT2D eigenvalue weighted by Gasteiger charge is 2.35. The fourth-order valence-corrected chi connectivity index (χ4v) is 7.40. The van der Waals surface area contributed by atoms with E-state index in [1.165, 1.54) is 4.90 Å². The highest BCUT2D eigenvalue weighted by atomic mass is 32.2. The van der Waals surface area contributed by atoms with Crippen molar-refractivity contribution in [2.75, 3.05) is 37.2 Å². The van der Waals surface area contributed by atoms with Gasteiger partial charge in [0.2, 0.25) is 15.9 Å². The van der Waals surface area contributed by atoms with Gasteiger partial charge in [0.15, 0.2) is 0 Å². The number of carbonyl (C=O) groups excluding carboxylic acids is 1. The average Bonchev–Trinajstić information content (AvgIpc) is 3.68. The molecule has 3 aromatic carbocycles. The maximum absolute atomic E-state index is 13.6. The lowest BCUT2D eigenvalue weighted by atomic mass is 9.82. The molecule has 10 heteroatoms. The van der Waals surface area contributed by atoms with Crippen LogP contribution in [0.5, 0.6) is 0 Å². The molecule has 0 saturated carbocycles. The fourth-order valence-electron chi connectivity index (χ4n) is 6.84. The molecule has 3 N–H and O–H groups in total. The van der Waals surface area contributed by atoms with Crippen molar-refractivity contribution in [2.24, 2.45) is 0 Å². The maximum Gasteiger partial charge on any atom is 0.407 e. The van der Waals surface area contributed by atoms with Gasteiger partial charge >= 0.3 is 6.09 Å². The number of sulfonamides is 1. The minimum atomic E-state index is -3.33. The Labute approximate surface area is 284 Å². The normalized spacial score (nSPS) is 13.6. The lowest BCUT2D eigenvalue weighted by Crippen LogP contribution is -2.41. The van der Waals surface area contributed by atoms with Gasteiger partial charge in [0.05, 0.1) is 11.7 Å². The number of nitrogens with zero attached hydrogens (tertiary/aromatic N) is 2. The van der Waals surface area contributed by atoms with E-state index in [9.17, 15) is 23.1 Å². The zero-order valence-electron chi connectivity index (χ0n) is 28.7. The number of anilines is 1. The number of fused-ring (bicyclic) bond motifs is 1. The monoisotopic (exact) mass is 672 g/mol. The molecule has 1 saturated heterocycles. The summed E-state index contributed by atoms with van der Waals surface area (Å²) >= 11 is 0. The molecule has 4 aromatic rings. The number of amides is 2. The number of rotatable bonds is 13. The minimum Gasteiger partial charge on any atom is -0.465 e. The minimum absolute atomic E-state index is 0.143. The molecule has 0 bridgehead atoms. The molecule has 5 rings (SSSR count). The van der Waals surface area contributed by atoms with Gasteiger partial charge in [0.25, 0.3) is 0 Å². The van der Waals surface area contributed by atoms with Crippen LogP contribution in [0.3, 0.4) is 0 Å². The summed E-state index contributed by atoms with van der Waals surface area (Å²) in [6, 6.07) is 19.9. The molecule has 1 fully saturated rings. The first-order valence-corrected chi connectivity index (χ1v) is 18.7. The van der Waals surface area contributed by atoms with Gasteiger partial charge in [-0.15, -0.1) is 0 Å². The average molecular weight is 673 g/mol. The molecule has 256 valence electrons. The number of hydrogen-bond acceptors (Lipinski definition) is 4. The number of carbonyl (C=O) groups is 2. The van der Waals surface area contributed by atoms with E-state index >= 15 is 0 Å². The summed E-state index contributed by atoms with van der Waals surface area (Å²) in [7, 11) is -3.33. The van der Waals surface area contributed by atoms with Crippen LogP contribution in [0.2, 0.25) is 0 Å². The van der Waals surface area contributed by atoms with Crippen LogP contribution in [0.1, 0.15) is 67.3 Å². The standard InChI is InChI=1S/C38H48N4O5S/c1-26-22-27(2)24-29(23-26)35-32(33-25-30(13-16-34(33)39-35)38(3,4)36(43)41-18-8-9-19-41)17-21-42(37(44)45)20-7-6-10-28-11-14-31(15-12-28)40-48(5,46)47/h11-16,22-25,39-40H,6-10,17-21H2,1-5H3,(H,44,45). The number of aryl methyl sites for hydroxylation is 3. The highest BCUT2D eigenvalue weighted by molar-refractivity contribution is 7.92. The van der Waals surface area contributed by atoms with Crippen molar-refractivity contribution in [1.29, 1.82) is 0 Å². The van der Waals surface area contributed by atoms with Crippen molar-refractivity contribution < 1.29 is 23.1 Å². The third-order valence-corrected chi connectivity index (χ3v) is 9.98. The summed E-state index contributed by atoms with van der Waals surface area (Å²) in [5.41, 5.74) is 8.22. The molecule has 1 aromatic heterocycles. The lowest BCUT2D eigenvalue weighted by Gasteiger charge is -2.29. The summed E-state index contributed by atoms with van der Waals surface area (Å²) < 4.78 is 25.4. The predicted molar refractivity (Wildman–Crippen MR) is 193 cm³/mol. The largest absolute Gasteiger partial charge is 0.465 e. The van der Waals surface area contributed by atoms with Crippen LogP contribution in [0.25, 0.3) is 22.2 Å². The molecule has 1 aliphatic heterocycles. The smallest absolute Gasteiger partial charge is 0.407 e. The van der Waals surface area contributed by atoms with E-state index < -0.39 is 21.5 Å². The van der Waals surface area contributed by atoms with Crippen LogP contribution in [0, 0.1) is 13.8 Å². The Kier molecular flexibility index (Phi) is 10.5. The van der Waals surface area contributed by atoms with Crippen molar-refractivity contribution >= 4 is 38.6 Å². The van der Waals surface area contributed by atoms with Gasteiger partial charge in [-0.1, -0.05) is 35.4 Å². The Morgan fingerprint density at radius 1 is 0.917 bits per heavy atom. The Morgan fingerprint density at radius 2 is 1.58 bits per heavy atom. The van der Waals surface area contributed by atoms with Crippen molar-refractivity contribution in [3.63, 3.8) is 0 Å². The van der Waals surface area contributed by atoms with Gasteiger partial charge in [-0.2, -0.15) is 0 Å². The number of hydrogen-bond donors (Lipinski definition) is 3. The third-order valence-electron chi connectivity index (χ3n) is 9.37. The second kappa shape index (κ2) is 14.4. The number of likely N-dealkylation sites (tertiary alicyclic amines) is 1. The quantitative estimate of drug-likeness (QED) is 0.129. The number of benzene rings is 3. The van der Waals surface area contributed by atoms with Crippen LogP contribution in [0.15, 0.2) is 60.7 Å². The number of aromatic nitrogens is 1. The van der Waals surface area contributed by atoms with E-state index in [2.05, 4.69) is 53.9 Å². The van der Waals surface area contributed by atoms with Gasteiger partial charge in [0, 0.05) is 48.5 Å². The van der Waals surface area contributed by atoms with Crippen molar-refractivity contribution in [2.45, 2.75) is 71.6 Å².